The second-order valence-electron chi connectivity index (χ2n) is 7.72. The van der Waals surface area contributed by atoms with Crippen molar-refractivity contribution in [3.05, 3.63) is 46.3 Å². The summed E-state index contributed by atoms with van der Waals surface area (Å²) < 4.78 is 0. The standard InChI is InChI=1S/C21H30O4/c1-13(2)6-5-7-14(3)15-10-11-21(4,25)17(15)12-16-18(22)8-9-19(23)20(16)24/h6-7,10,17,19,23-25H,5,8-9,11-12H2,1-4H3. The van der Waals surface area contributed by atoms with Gasteiger partial charge in [-0.05, 0) is 59.0 Å². The Morgan fingerprint density at radius 1 is 1.32 bits per heavy atom. The summed E-state index contributed by atoms with van der Waals surface area (Å²) in [6.07, 6.45) is 7.43. The van der Waals surface area contributed by atoms with Crippen LogP contribution in [-0.2, 0) is 4.79 Å². The fourth-order valence-electron chi connectivity index (χ4n) is 3.61. The lowest BCUT2D eigenvalue weighted by atomic mass is 9.78. The molecule has 0 radical (unpaired) electrons. The van der Waals surface area contributed by atoms with Crippen LogP contribution in [0.3, 0.4) is 0 Å². The molecule has 2 rings (SSSR count). The topological polar surface area (TPSA) is 77.8 Å². The van der Waals surface area contributed by atoms with Gasteiger partial charge in [-0.1, -0.05) is 29.4 Å². The van der Waals surface area contributed by atoms with E-state index in [0.29, 0.717) is 6.42 Å². The van der Waals surface area contributed by atoms with E-state index < -0.39 is 11.7 Å². The van der Waals surface area contributed by atoms with Crippen LogP contribution in [0.5, 0.6) is 0 Å². The summed E-state index contributed by atoms with van der Waals surface area (Å²) in [4.78, 5) is 12.2. The molecule has 0 bridgehead atoms. The monoisotopic (exact) mass is 346 g/mol. The third-order valence-corrected chi connectivity index (χ3v) is 5.28. The lowest BCUT2D eigenvalue weighted by molar-refractivity contribution is -0.117. The summed E-state index contributed by atoms with van der Waals surface area (Å²) in [5.41, 5.74) is 2.68. The highest BCUT2D eigenvalue weighted by Gasteiger charge is 2.41. The molecule has 0 aliphatic heterocycles. The maximum absolute atomic E-state index is 12.2. The minimum Gasteiger partial charge on any atom is -0.509 e. The number of aliphatic hydroxyl groups is 3. The average Bonchev–Trinajstić information content (AvgIpc) is 2.82. The fourth-order valence-corrected chi connectivity index (χ4v) is 3.61. The molecule has 25 heavy (non-hydrogen) atoms. The second-order valence-corrected chi connectivity index (χ2v) is 7.72. The van der Waals surface area contributed by atoms with Crippen molar-refractivity contribution in [2.45, 2.75) is 71.5 Å². The van der Waals surface area contributed by atoms with Crippen molar-refractivity contribution in [2.24, 2.45) is 5.92 Å². The van der Waals surface area contributed by atoms with Crippen molar-refractivity contribution in [3.8, 4) is 0 Å². The Morgan fingerprint density at radius 2 is 2.00 bits per heavy atom. The molecular weight excluding hydrogens is 316 g/mol. The van der Waals surface area contributed by atoms with E-state index in [-0.39, 0.29) is 42.3 Å². The fraction of sp³-hybridized carbons (Fsp3) is 0.571. The van der Waals surface area contributed by atoms with Crippen molar-refractivity contribution >= 4 is 5.78 Å². The molecule has 0 saturated heterocycles. The van der Waals surface area contributed by atoms with Gasteiger partial charge in [-0.2, -0.15) is 0 Å². The quantitative estimate of drug-likeness (QED) is 0.660. The number of carbonyl (C=O) groups excluding carboxylic acids is 1. The maximum atomic E-state index is 12.2. The summed E-state index contributed by atoms with van der Waals surface area (Å²) in [6, 6.07) is 0. The summed E-state index contributed by atoms with van der Waals surface area (Å²) in [7, 11) is 0. The third-order valence-electron chi connectivity index (χ3n) is 5.28. The SMILES string of the molecule is CC(C)=CCC=C(C)C1=CCC(C)(O)C1CC1=C(O)C(O)CCC1=O. The van der Waals surface area contributed by atoms with E-state index in [1.54, 1.807) is 6.92 Å². The predicted molar refractivity (Wildman–Crippen MR) is 99.1 cm³/mol. The molecule has 0 saturated carbocycles. The summed E-state index contributed by atoms with van der Waals surface area (Å²) in [5.74, 6) is -0.609. The van der Waals surface area contributed by atoms with Gasteiger partial charge in [0.2, 0.25) is 0 Å². The van der Waals surface area contributed by atoms with Gasteiger partial charge in [0.25, 0.3) is 0 Å². The van der Waals surface area contributed by atoms with Gasteiger partial charge in [-0.3, -0.25) is 4.79 Å². The summed E-state index contributed by atoms with van der Waals surface area (Å²) in [5, 5.41) is 30.8. The number of Topliss-reactive ketones (excluding diaryl/α,β-unsaturated/α-hetero) is 1. The first-order valence-electron chi connectivity index (χ1n) is 8.99. The third kappa shape index (κ3) is 4.50. The van der Waals surface area contributed by atoms with Gasteiger partial charge >= 0.3 is 0 Å². The highest BCUT2D eigenvalue weighted by atomic mass is 16.3. The molecule has 2 aliphatic rings. The normalized spacial score (nSPS) is 30.6. The van der Waals surface area contributed by atoms with Gasteiger partial charge in [0.1, 0.15) is 11.9 Å². The van der Waals surface area contributed by atoms with Gasteiger partial charge in [-0.25, -0.2) is 0 Å². The van der Waals surface area contributed by atoms with Gasteiger partial charge < -0.3 is 15.3 Å². The minimum absolute atomic E-state index is 0.129. The predicted octanol–water partition coefficient (Wildman–Crippen LogP) is 3.91. The molecule has 0 aromatic carbocycles. The highest BCUT2D eigenvalue weighted by molar-refractivity contribution is 5.97. The molecule has 0 heterocycles. The smallest absolute Gasteiger partial charge is 0.162 e. The minimum atomic E-state index is -0.971. The van der Waals surface area contributed by atoms with Crippen LogP contribution in [0.2, 0.25) is 0 Å². The van der Waals surface area contributed by atoms with Gasteiger partial charge in [0.05, 0.1) is 5.60 Å². The molecule has 4 heteroatoms. The zero-order chi connectivity index (χ0) is 18.8. The van der Waals surface area contributed by atoms with Crippen LogP contribution in [0.25, 0.3) is 0 Å². The van der Waals surface area contributed by atoms with Crippen LogP contribution in [0.15, 0.2) is 46.3 Å². The van der Waals surface area contributed by atoms with E-state index in [1.165, 1.54) is 5.57 Å². The number of carbonyl (C=O) groups is 1. The Labute approximate surface area is 150 Å². The van der Waals surface area contributed by atoms with E-state index in [1.807, 2.05) is 13.0 Å². The number of hydrogen-bond donors (Lipinski definition) is 3. The zero-order valence-electron chi connectivity index (χ0n) is 15.7. The highest BCUT2D eigenvalue weighted by Crippen LogP contribution is 2.43. The first-order chi connectivity index (χ1) is 11.6. The molecule has 0 fully saturated rings. The number of hydrogen-bond acceptors (Lipinski definition) is 4. The number of allylic oxidation sites excluding steroid dienone is 5. The van der Waals surface area contributed by atoms with Crippen LogP contribution in [0.4, 0.5) is 0 Å². The molecular formula is C21H30O4. The number of ketones is 1. The Bertz CT molecular complexity index is 657. The second kappa shape index (κ2) is 7.71. The van der Waals surface area contributed by atoms with Crippen molar-refractivity contribution in [2.75, 3.05) is 0 Å². The largest absolute Gasteiger partial charge is 0.509 e. The molecule has 3 atom stereocenters. The number of rotatable bonds is 5. The summed E-state index contributed by atoms with van der Waals surface area (Å²) in [6.45, 7) is 7.90. The van der Waals surface area contributed by atoms with Crippen molar-refractivity contribution in [3.63, 3.8) is 0 Å². The van der Waals surface area contributed by atoms with Crippen LogP contribution < -0.4 is 0 Å². The van der Waals surface area contributed by atoms with E-state index in [9.17, 15) is 20.1 Å². The van der Waals surface area contributed by atoms with Gasteiger partial charge in [-0.15, -0.1) is 0 Å². The Kier molecular flexibility index (Phi) is 6.07. The van der Waals surface area contributed by atoms with E-state index >= 15 is 0 Å². The molecule has 0 aromatic rings. The first-order valence-corrected chi connectivity index (χ1v) is 8.99. The Hall–Kier alpha value is -1.65. The summed E-state index contributed by atoms with van der Waals surface area (Å²) >= 11 is 0. The molecule has 138 valence electrons. The molecule has 3 N–H and O–H groups in total. The lowest BCUT2D eigenvalue weighted by Crippen LogP contribution is -2.34. The first kappa shape index (κ1) is 19.7. The molecule has 0 spiro atoms. The molecule has 0 aromatic heterocycles. The Morgan fingerprint density at radius 3 is 2.64 bits per heavy atom. The Balaban J connectivity index is 2.27. The van der Waals surface area contributed by atoms with E-state index in [0.717, 1.165) is 17.6 Å². The lowest BCUT2D eigenvalue weighted by Gasteiger charge is -2.31. The van der Waals surface area contributed by atoms with Crippen molar-refractivity contribution in [1.82, 2.24) is 0 Å². The average molecular weight is 346 g/mol. The van der Waals surface area contributed by atoms with Gasteiger partial charge in [0, 0.05) is 17.9 Å². The van der Waals surface area contributed by atoms with Crippen LogP contribution in [-0.4, -0.2) is 32.8 Å². The van der Waals surface area contributed by atoms with Crippen molar-refractivity contribution < 1.29 is 20.1 Å². The number of aliphatic hydroxyl groups excluding tert-OH is 2. The molecule has 2 aliphatic carbocycles. The van der Waals surface area contributed by atoms with Crippen LogP contribution in [0.1, 0.15) is 59.8 Å². The van der Waals surface area contributed by atoms with E-state index in [2.05, 4.69) is 26.0 Å². The molecule has 0 amide bonds. The van der Waals surface area contributed by atoms with Crippen LogP contribution >= 0.6 is 0 Å². The molecule has 4 nitrogen and oxygen atoms in total. The van der Waals surface area contributed by atoms with Crippen LogP contribution in [0, 0.1) is 5.92 Å². The van der Waals surface area contributed by atoms with Crippen molar-refractivity contribution in [1.29, 1.82) is 0 Å². The maximum Gasteiger partial charge on any atom is 0.162 e. The van der Waals surface area contributed by atoms with E-state index in [4.69, 9.17) is 0 Å². The molecule has 3 unspecified atom stereocenters. The van der Waals surface area contributed by atoms with Gasteiger partial charge in [0.15, 0.2) is 5.78 Å². The zero-order valence-corrected chi connectivity index (χ0v) is 15.7.